The normalized spacial score (nSPS) is 12.1. The summed E-state index contributed by atoms with van der Waals surface area (Å²) in [4.78, 5) is 0.236. The number of rotatable bonds is 7. The van der Waals surface area contributed by atoms with Gasteiger partial charge in [-0.15, -0.1) is 0 Å². The van der Waals surface area contributed by atoms with Gasteiger partial charge in [-0.25, -0.2) is 8.42 Å². The van der Waals surface area contributed by atoms with Crippen molar-refractivity contribution in [2.24, 2.45) is 0 Å². The van der Waals surface area contributed by atoms with Crippen molar-refractivity contribution in [1.29, 1.82) is 0 Å². The first kappa shape index (κ1) is 17.6. The van der Waals surface area contributed by atoms with E-state index >= 15 is 0 Å². The molecule has 0 heterocycles. The summed E-state index contributed by atoms with van der Waals surface area (Å²) in [7, 11) is -3.53. The van der Waals surface area contributed by atoms with Gasteiger partial charge in [0.15, 0.2) is 0 Å². The number of unbranched alkanes of at least 4 members (excludes halogenated alkanes) is 1. The standard InChI is InChI=1S/C14H22BrNO3S/c1-4-6-7-16(5-2)20(18,19)13-9-12(10-17)8-11(3)14(13)15/h8-9,17H,4-7,10H2,1-3H3. The number of benzene rings is 1. The molecule has 0 radical (unpaired) electrons. The molecule has 0 bridgehead atoms. The van der Waals surface area contributed by atoms with Crippen molar-refractivity contribution in [3.8, 4) is 0 Å². The third kappa shape index (κ3) is 3.81. The highest BCUT2D eigenvalue weighted by molar-refractivity contribution is 9.10. The average molecular weight is 364 g/mol. The van der Waals surface area contributed by atoms with Gasteiger partial charge in [-0.2, -0.15) is 4.31 Å². The van der Waals surface area contributed by atoms with E-state index in [1.54, 1.807) is 12.1 Å². The summed E-state index contributed by atoms with van der Waals surface area (Å²) in [5.74, 6) is 0. The van der Waals surface area contributed by atoms with E-state index in [4.69, 9.17) is 0 Å². The second-order valence-corrected chi connectivity index (χ2v) is 7.43. The summed E-state index contributed by atoms with van der Waals surface area (Å²) in [5, 5.41) is 9.26. The Morgan fingerprint density at radius 2 is 1.95 bits per heavy atom. The van der Waals surface area contributed by atoms with E-state index < -0.39 is 10.0 Å². The van der Waals surface area contributed by atoms with Crippen LogP contribution < -0.4 is 0 Å². The summed E-state index contributed by atoms with van der Waals surface area (Å²) in [5.41, 5.74) is 1.41. The summed E-state index contributed by atoms with van der Waals surface area (Å²) in [6, 6.07) is 3.33. The lowest BCUT2D eigenvalue weighted by Crippen LogP contribution is -2.32. The van der Waals surface area contributed by atoms with Crippen LogP contribution in [0.25, 0.3) is 0 Å². The smallest absolute Gasteiger partial charge is 0.244 e. The first-order chi connectivity index (χ1) is 9.38. The van der Waals surface area contributed by atoms with E-state index in [-0.39, 0.29) is 11.5 Å². The topological polar surface area (TPSA) is 57.6 Å². The molecule has 0 amide bonds. The fraction of sp³-hybridized carbons (Fsp3) is 0.571. The predicted octanol–water partition coefficient (Wildman–Crippen LogP) is 3.06. The second-order valence-electron chi connectivity index (χ2n) is 4.73. The van der Waals surface area contributed by atoms with E-state index in [0.29, 0.717) is 23.1 Å². The minimum atomic E-state index is -3.53. The van der Waals surface area contributed by atoms with Crippen LogP contribution in [-0.2, 0) is 16.6 Å². The van der Waals surface area contributed by atoms with E-state index in [9.17, 15) is 13.5 Å². The average Bonchev–Trinajstić information content (AvgIpc) is 2.42. The Hall–Kier alpha value is -0.430. The number of nitrogens with zero attached hydrogens (tertiary/aromatic N) is 1. The van der Waals surface area contributed by atoms with Crippen LogP contribution in [0.2, 0.25) is 0 Å². The second kappa shape index (κ2) is 7.54. The van der Waals surface area contributed by atoms with Crippen LogP contribution >= 0.6 is 15.9 Å². The van der Waals surface area contributed by atoms with Gasteiger partial charge in [-0.3, -0.25) is 0 Å². The predicted molar refractivity (Wildman–Crippen MR) is 84.1 cm³/mol. The van der Waals surface area contributed by atoms with Crippen LogP contribution in [0.15, 0.2) is 21.5 Å². The highest BCUT2D eigenvalue weighted by atomic mass is 79.9. The van der Waals surface area contributed by atoms with Crippen LogP contribution in [0, 0.1) is 6.92 Å². The molecule has 0 aliphatic carbocycles. The monoisotopic (exact) mass is 363 g/mol. The molecule has 6 heteroatoms. The zero-order valence-electron chi connectivity index (χ0n) is 12.2. The Bertz CT molecular complexity index is 558. The lowest BCUT2D eigenvalue weighted by molar-refractivity contribution is 0.281. The molecule has 0 fully saturated rings. The zero-order valence-corrected chi connectivity index (χ0v) is 14.6. The van der Waals surface area contributed by atoms with Crippen LogP contribution in [0.1, 0.15) is 37.8 Å². The zero-order chi connectivity index (χ0) is 15.3. The van der Waals surface area contributed by atoms with Crippen LogP contribution in [0.5, 0.6) is 0 Å². The molecule has 1 aromatic carbocycles. The van der Waals surface area contributed by atoms with Crippen molar-refractivity contribution in [3.63, 3.8) is 0 Å². The maximum Gasteiger partial charge on any atom is 0.244 e. The fourth-order valence-electron chi connectivity index (χ4n) is 2.01. The SMILES string of the molecule is CCCCN(CC)S(=O)(=O)c1cc(CO)cc(C)c1Br. The molecule has 20 heavy (non-hydrogen) atoms. The molecule has 0 aliphatic heterocycles. The van der Waals surface area contributed by atoms with Crippen molar-refractivity contribution in [1.82, 2.24) is 4.31 Å². The van der Waals surface area contributed by atoms with E-state index in [0.717, 1.165) is 18.4 Å². The molecule has 0 aliphatic rings. The van der Waals surface area contributed by atoms with Crippen LogP contribution in [0.3, 0.4) is 0 Å². The minimum Gasteiger partial charge on any atom is -0.392 e. The third-order valence-corrected chi connectivity index (χ3v) is 6.51. The van der Waals surface area contributed by atoms with Crippen LogP contribution in [0.4, 0.5) is 0 Å². The minimum absolute atomic E-state index is 0.169. The third-order valence-electron chi connectivity index (χ3n) is 3.20. The van der Waals surface area contributed by atoms with Gasteiger partial charge in [0.1, 0.15) is 0 Å². The summed E-state index contributed by atoms with van der Waals surface area (Å²) in [6.07, 6.45) is 1.78. The van der Waals surface area contributed by atoms with E-state index in [1.807, 2.05) is 20.8 Å². The first-order valence-electron chi connectivity index (χ1n) is 6.78. The molecule has 0 saturated heterocycles. The maximum absolute atomic E-state index is 12.7. The summed E-state index contributed by atoms with van der Waals surface area (Å²) in [6.45, 7) is 6.49. The molecule has 114 valence electrons. The maximum atomic E-state index is 12.7. The van der Waals surface area contributed by atoms with Gasteiger partial charge in [0.05, 0.1) is 11.5 Å². The molecule has 0 spiro atoms. The quantitative estimate of drug-likeness (QED) is 0.809. The Kier molecular flexibility index (Phi) is 6.64. The van der Waals surface area contributed by atoms with Gasteiger partial charge in [-0.1, -0.05) is 26.3 Å². The molecule has 0 saturated carbocycles. The molecule has 4 nitrogen and oxygen atoms in total. The number of hydrogen-bond donors (Lipinski definition) is 1. The van der Waals surface area contributed by atoms with Crippen molar-refractivity contribution in [2.45, 2.75) is 45.1 Å². The summed E-state index contributed by atoms with van der Waals surface area (Å²) < 4.78 is 27.5. The number of hydrogen-bond acceptors (Lipinski definition) is 3. The number of aliphatic hydroxyl groups is 1. The van der Waals surface area contributed by atoms with Gasteiger partial charge >= 0.3 is 0 Å². The molecule has 0 unspecified atom stereocenters. The summed E-state index contributed by atoms with van der Waals surface area (Å²) >= 11 is 3.36. The Morgan fingerprint density at radius 3 is 2.45 bits per heavy atom. The van der Waals surface area contributed by atoms with Gasteiger partial charge in [-0.05, 0) is 46.5 Å². The van der Waals surface area contributed by atoms with Crippen molar-refractivity contribution in [2.75, 3.05) is 13.1 Å². The van der Waals surface area contributed by atoms with Crippen molar-refractivity contribution in [3.05, 3.63) is 27.7 Å². The number of sulfonamides is 1. The number of aliphatic hydroxyl groups excluding tert-OH is 1. The van der Waals surface area contributed by atoms with E-state index in [2.05, 4.69) is 15.9 Å². The molecule has 0 aromatic heterocycles. The van der Waals surface area contributed by atoms with Gasteiger partial charge in [0.25, 0.3) is 0 Å². The molecule has 1 N–H and O–H groups in total. The molecular weight excluding hydrogens is 342 g/mol. The van der Waals surface area contributed by atoms with Gasteiger partial charge in [0.2, 0.25) is 10.0 Å². The first-order valence-corrected chi connectivity index (χ1v) is 9.01. The van der Waals surface area contributed by atoms with Gasteiger partial charge < -0.3 is 5.11 Å². The molecule has 1 aromatic rings. The number of halogens is 1. The van der Waals surface area contributed by atoms with Crippen molar-refractivity contribution < 1.29 is 13.5 Å². The fourth-order valence-corrected chi connectivity index (χ4v) is 4.53. The van der Waals surface area contributed by atoms with E-state index in [1.165, 1.54) is 4.31 Å². The van der Waals surface area contributed by atoms with Crippen molar-refractivity contribution >= 4 is 26.0 Å². The van der Waals surface area contributed by atoms with Gasteiger partial charge in [0, 0.05) is 17.6 Å². The Balaban J connectivity index is 3.29. The molecule has 0 atom stereocenters. The Morgan fingerprint density at radius 1 is 1.30 bits per heavy atom. The van der Waals surface area contributed by atoms with Crippen LogP contribution in [-0.4, -0.2) is 30.9 Å². The lowest BCUT2D eigenvalue weighted by Gasteiger charge is -2.22. The lowest BCUT2D eigenvalue weighted by atomic mass is 10.1. The molecule has 1 rings (SSSR count). The highest BCUT2D eigenvalue weighted by Crippen LogP contribution is 2.29. The number of aryl methyl sites for hydroxylation is 1. The largest absolute Gasteiger partial charge is 0.392 e. The molecular formula is C14H22BrNO3S. The highest BCUT2D eigenvalue weighted by Gasteiger charge is 2.26. The Labute approximate surface area is 130 Å².